The summed E-state index contributed by atoms with van der Waals surface area (Å²) >= 11 is 1.82. The highest BCUT2D eigenvalue weighted by molar-refractivity contribution is 8.00. The van der Waals surface area contributed by atoms with Crippen LogP contribution in [0, 0.1) is 5.92 Å². The molecule has 1 amide bonds. The zero-order chi connectivity index (χ0) is 12.5. The van der Waals surface area contributed by atoms with Crippen LogP contribution in [-0.4, -0.2) is 28.5 Å². The van der Waals surface area contributed by atoms with Crippen LogP contribution in [0.1, 0.15) is 6.92 Å². The number of thioether (sulfide) groups is 1. The number of para-hydroxylation sites is 1. The number of carbonyl (C=O) groups is 1. The summed E-state index contributed by atoms with van der Waals surface area (Å²) in [7, 11) is 0. The molecule has 2 heterocycles. The third-order valence-corrected chi connectivity index (χ3v) is 4.72. The van der Waals surface area contributed by atoms with Gasteiger partial charge in [0.15, 0.2) is 0 Å². The standard InChI is InChI=1S/C14H15NO2S/c1-10-7-15-13(16)12(14(15)18-9-10)8-17-11-5-3-2-4-6-11/h2-7,12,14H,8-9H2,1H3/t12?,14-/m1/s1. The lowest BCUT2D eigenvalue weighted by atomic mass is 9.99. The lowest BCUT2D eigenvalue weighted by molar-refractivity contribution is -0.147. The Kier molecular flexibility index (Phi) is 3.04. The summed E-state index contributed by atoms with van der Waals surface area (Å²) in [4.78, 5) is 13.8. The number of fused-ring (bicyclic) bond motifs is 1. The van der Waals surface area contributed by atoms with Crippen LogP contribution in [0.15, 0.2) is 42.1 Å². The number of hydrogen-bond acceptors (Lipinski definition) is 3. The Morgan fingerprint density at radius 2 is 2.17 bits per heavy atom. The van der Waals surface area contributed by atoms with Gasteiger partial charge in [-0.2, -0.15) is 0 Å². The molecule has 0 bridgehead atoms. The van der Waals surface area contributed by atoms with Crippen LogP contribution in [0.3, 0.4) is 0 Å². The molecule has 0 N–H and O–H groups in total. The van der Waals surface area contributed by atoms with Crippen LogP contribution >= 0.6 is 11.8 Å². The van der Waals surface area contributed by atoms with E-state index in [1.54, 1.807) is 0 Å². The predicted octanol–water partition coefficient (Wildman–Crippen LogP) is 2.50. The van der Waals surface area contributed by atoms with Gasteiger partial charge < -0.3 is 9.64 Å². The molecule has 1 unspecified atom stereocenters. The highest BCUT2D eigenvalue weighted by atomic mass is 32.2. The van der Waals surface area contributed by atoms with E-state index in [9.17, 15) is 4.79 Å². The largest absolute Gasteiger partial charge is 0.493 e. The van der Waals surface area contributed by atoms with Crippen LogP contribution in [0.5, 0.6) is 5.75 Å². The van der Waals surface area contributed by atoms with Crippen molar-refractivity contribution in [1.29, 1.82) is 0 Å². The average molecular weight is 261 g/mol. The molecule has 0 aliphatic carbocycles. The van der Waals surface area contributed by atoms with Gasteiger partial charge in [-0.25, -0.2) is 0 Å². The van der Waals surface area contributed by atoms with Gasteiger partial charge in [0.2, 0.25) is 5.91 Å². The number of ether oxygens (including phenoxy) is 1. The zero-order valence-corrected chi connectivity index (χ0v) is 11.0. The Morgan fingerprint density at radius 1 is 1.39 bits per heavy atom. The van der Waals surface area contributed by atoms with E-state index >= 15 is 0 Å². The number of rotatable bonds is 3. The third-order valence-electron chi connectivity index (χ3n) is 3.20. The molecule has 0 aromatic heterocycles. The maximum atomic E-state index is 12.0. The highest BCUT2D eigenvalue weighted by Crippen LogP contribution is 2.40. The minimum Gasteiger partial charge on any atom is -0.493 e. The molecule has 1 aromatic carbocycles. The summed E-state index contributed by atoms with van der Waals surface area (Å²) in [6.45, 7) is 2.54. The molecule has 1 saturated heterocycles. The zero-order valence-electron chi connectivity index (χ0n) is 10.2. The fraction of sp³-hybridized carbons (Fsp3) is 0.357. The fourth-order valence-electron chi connectivity index (χ4n) is 2.23. The van der Waals surface area contributed by atoms with Gasteiger partial charge >= 0.3 is 0 Å². The Balaban J connectivity index is 1.61. The van der Waals surface area contributed by atoms with Crippen molar-refractivity contribution in [2.75, 3.05) is 12.4 Å². The van der Waals surface area contributed by atoms with E-state index in [1.165, 1.54) is 5.57 Å². The maximum Gasteiger partial charge on any atom is 0.237 e. The highest BCUT2D eigenvalue weighted by Gasteiger charge is 2.48. The topological polar surface area (TPSA) is 29.5 Å². The molecular weight excluding hydrogens is 246 g/mol. The van der Waals surface area contributed by atoms with Crippen LogP contribution in [0.25, 0.3) is 0 Å². The van der Waals surface area contributed by atoms with Crippen molar-refractivity contribution in [3.63, 3.8) is 0 Å². The number of β-lactam (4-membered cyclic amide) rings is 1. The summed E-state index contributed by atoms with van der Waals surface area (Å²) in [5.74, 6) is 2.02. The summed E-state index contributed by atoms with van der Waals surface area (Å²) in [5, 5.41) is 0.268. The molecule has 0 saturated carbocycles. The molecule has 4 heteroatoms. The lowest BCUT2D eigenvalue weighted by Gasteiger charge is -2.47. The van der Waals surface area contributed by atoms with Crippen molar-refractivity contribution in [3.05, 3.63) is 42.1 Å². The van der Waals surface area contributed by atoms with Crippen LogP contribution in [0.2, 0.25) is 0 Å². The van der Waals surface area contributed by atoms with E-state index in [4.69, 9.17) is 4.74 Å². The van der Waals surface area contributed by atoms with Gasteiger partial charge in [0.25, 0.3) is 0 Å². The van der Waals surface area contributed by atoms with E-state index in [-0.39, 0.29) is 17.2 Å². The SMILES string of the molecule is CC1=CN2C(=O)C(COc3ccccc3)[C@H]2SC1. The molecule has 18 heavy (non-hydrogen) atoms. The molecule has 1 aromatic rings. The van der Waals surface area contributed by atoms with Crippen LogP contribution in [-0.2, 0) is 4.79 Å². The van der Waals surface area contributed by atoms with Crippen molar-refractivity contribution in [2.45, 2.75) is 12.3 Å². The first-order valence-corrected chi connectivity index (χ1v) is 7.09. The third kappa shape index (κ3) is 2.01. The molecule has 0 spiro atoms. The van der Waals surface area contributed by atoms with Crippen molar-refractivity contribution >= 4 is 17.7 Å². The molecular formula is C14H15NO2S. The Morgan fingerprint density at radius 3 is 2.94 bits per heavy atom. The lowest BCUT2D eigenvalue weighted by Crippen LogP contribution is -2.59. The minimum absolute atomic E-state index is 0.000411. The predicted molar refractivity (Wildman–Crippen MR) is 72.3 cm³/mol. The van der Waals surface area contributed by atoms with E-state index in [1.807, 2.05) is 53.2 Å². The Bertz CT molecular complexity index is 486. The molecule has 2 aliphatic heterocycles. The molecule has 3 rings (SSSR count). The van der Waals surface area contributed by atoms with Gasteiger partial charge in [-0.15, -0.1) is 11.8 Å². The second kappa shape index (κ2) is 4.69. The second-order valence-electron chi connectivity index (χ2n) is 4.65. The van der Waals surface area contributed by atoms with Crippen LogP contribution in [0.4, 0.5) is 0 Å². The van der Waals surface area contributed by atoms with Gasteiger partial charge in [0.1, 0.15) is 18.3 Å². The van der Waals surface area contributed by atoms with Gasteiger partial charge in [-0.1, -0.05) is 18.2 Å². The van der Waals surface area contributed by atoms with Crippen molar-refractivity contribution in [3.8, 4) is 5.75 Å². The second-order valence-corrected chi connectivity index (χ2v) is 5.76. The normalized spacial score (nSPS) is 26.2. The summed E-state index contributed by atoms with van der Waals surface area (Å²) < 4.78 is 5.67. The van der Waals surface area contributed by atoms with Crippen molar-refractivity contribution in [1.82, 2.24) is 4.90 Å². The first-order valence-electron chi connectivity index (χ1n) is 6.04. The monoisotopic (exact) mass is 261 g/mol. The smallest absolute Gasteiger partial charge is 0.237 e. The Labute approximate surface area is 111 Å². The molecule has 3 nitrogen and oxygen atoms in total. The quantitative estimate of drug-likeness (QED) is 0.783. The fourth-order valence-corrected chi connectivity index (χ4v) is 3.49. The maximum absolute atomic E-state index is 12.0. The molecule has 2 atom stereocenters. The molecule has 2 aliphatic rings. The van der Waals surface area contributed by atoms with E-state index in [0.29, 0.717) is 6.61 Å². The van der Waals surface area contributed by atoms with E-state index in [0.717, 1.165) is 11.5 Å². The Hall–Kier alpha value is -1.42. The first-order chi connectivity index (χ1) is 8.75. The van der Waals surface area contributed by atoms with Crippen LogP contribution < -0.4 is 4.74 Å². The number of amides is 1. The molecule has 94 valence electrons. The van der Waals surface area contributed by atoms with E-state index in [2.05, 4.69) is 6.92 Å². The minimum atomic E-state index is -0.000411. The number of hydrogen-bond donors (Lipinski definition) is 0. The van der Waals surface area contributed by atoms with Gasteiger partial charge in [-0.3, -0.25) is 4.79 Å². The average Bonchev–Trinajstić information content (AvgIpc) is 2.41. The van der Waals surface area contributed by atoms with E-state index < -0.39 is 0 Å². The molecule has 0 radical (unpaired) electrons. The van der Waals surface area contributed by atoms with Gasteiger partial charge in [-0.05, 0) is 24.6 Å². The summed E-state index contributed by atoms with van der Waals surface area (Å²) in [5.41, 5.74) is 1.26. The van der Waals surface area contributed by atoms with Gasteiger partial charge in [0, 0.05) is 12.0 Å². The first kappa shape index (κ1) is 11.7. The number of carbonyl (C=O) groups excluding carboxylic acids is 1. The van der Waals surface area contributed by atoms with Gasteiger partial charge in [0.05, 0.1) is 5.37 Å². The number of benzene rings is 1. The van der Waals surface area contributed by atoms with Crippen molar-refractivity contribution in [2.24, 2.45) is 5.92 Å². The summed E-state index contributed by atoms with van der Waals surface area (Å²) in [6, 6.07) is 9.66. The molecule has 1 fully saturated rings. The van der Waals surface area contributed by atoms with Crippen molar-refractivity contribution < 1.29 is 9.53 Å². The number of nitrogens with zero attached hydrogens (tertiary/aromatic N) is 1. The summed E-state index contributed by atoms with van der Waals surface area (Å²) in [6.07, 6.45) is 1.97.